The molecule has 0 aromatic heterocycles. The number of ether oxygens (including phenoxy) is 1. The summed E-state index contributed by atoms with van der Waals surface area (Å²) < 4.78 is 5.70. The van der Waals surface area contributed by atoms with Crippen LogP contribution in [0, 0.1) is 0 Å². The molecular formula is C18H19N3O3. The molecule has 0 radical (unpaired) electrons. The number of carbonyl (C=O) groups excluding carboxylic acids is 2. The van der Waals surface area contributed by atoms with Gasteiger partial charge < -0.3 is 15.8 Å². The Bertz CT molecular complexity index is 761. The minimum absolute atomic E-state index is 0.0789. The van der Waals surface area contributed by atoms with Crippen LogP contribution in [0.4, 0.5) is 17.1 Å². The fourth-order valence-corrected chi connectivity index (χ4v) is 2.63. The average Bonchev–Trinajstić information content (AvgIpc) is 2.58. The molecule has 6 heteroatoms. The van der Waals surface area contributed by atoms with Gasteiger partial charge in [-0.2, -0.15) is 0 Å². The molecule has 1 aliphatic rings. The third-order valence-corrected chi connectivity index (χ3v) is 3.82. The molecule has 2 aromatic carbocycles. The third-order valence-electron chi connectivity index (χ3n) is 3.82. The van der Waals surface area contributed by atoms with E-state index in [1.54, 1.807) is 30.3 Å². The second-order valence-corrected chi connectivity index (χ2v) is 5.58. The van der Waals surface area contributed by atoms with Gasteiger partial charge in [-0.3, -0.25) is 14.5 Å². The van der Waals surface area contributed by atoms with Crippen molar-refractivity contribution in [3.63, 3.8) is 0 Å². The summed E-state index contributed by atoms with van der Waals surface area (Å²) in [6.07, 6.45) is -0.0898. The first-order valence-corrected chi connectivity index (χ1v) is 7.81. The molecule has 0 aliphatic carbocycles. The van der Waals surface area contributed by atoms with Gasteiger partial charge in [-0.05, 0) is 30.7 Å². The number of para-hydroxylation sites is 1. The molecule has 1 aliphatic heterocycles. The van der Waals surface area contributed by atoms with Crippen molar-refractivity contribution in [1.82, 2.24) is 0 Å². The van der Waals surface area contributed by atoms with Crippen molar-refractivity contribution >= 4 is 28.9 Å². The molecule has 124 valence electrons. The number of nitrogens with two attached hydrogens (primary N) is 1. The van der Waals surface area contributed by atoms with E-state index in [1.807, 2.05) is 25.1 Å². The van der Waals surface area contributed by atoms with E-state index >= 15 is 0 Å². The molecule has 0 fully saturated rings. The lowest BCUT2D eigenvalue weighted by molar-refractivity contribution is -0.128. The van der Waals surface area contributed by atoms with Gasteiger partial charge in [0.25, 0.3) is 5.91 Å². The number of nitrogens with one attached hydrogen (secondary N) is 1. The van der Waals surface area contributed by atoms with Gasteiger partial charge in [0, 0.05) is 17.4 Å². The van der Waals surface area contributed by atoms with Crippen LogP contribution in [-0.2, 0) is 9.59 Å². The predicted octanol–water partition coefficient (Wildman–Crippen LogP) is 2.41. The normalized spacial score (nSPS) is 16.3. The maximum absolute atomic E-state index is 12.6. The number of fused-ring (bicyclic) bond motifs is 1. The maximum atomic E-state index is 12.6. The number of amides is 2. The fraction of sp³-hybridized carbons (Fsp3) is 0.222. The number of benzene rings is 2. The highest BCUT2D eigenvalue weighted by Gasteiger charge is 2.34. The Hall–Kier alpha value is -3.02. The van der Waals surface area contributed by atoms with Crippen molar-refractivity contribution in [3.05, 3.63) is 48.5 Å². The van der Waals surface area contributed by atoms with Crippen LogP contribution in [0.2, 0.25) is 0 Å². The maximum Gasteiger partial charge on any atom is 0.268 e. The summed E-state index contributed by atoms with van der Waals surface area (Å²) >= 11 is 0. The summed E-state index contributed by atoms with van der Waals surface area (Å²) in [5, 5.41) is 2.79. The smallest absolute Gasteiger partial charge is 0.268 e. The van der Waals surface area contributed by atoms with Crippen molar-refractivity contribution in [2.24, 2.45) is 0 Å². The Morgan fingerprint density at radius 1 is 1.25 bits per heavy atom. The molecule has 2 aromatic rings. The van der Waals surface area contributed by atoms with E-state index in [1.165, 1.54) is 4.90 Å². The minimum atomic E-state index is -0.608. The molecule has 1 atom stereocenters. The second-order valence-electron chi connectivity index (χ2n) is 5.58. The number of hydrogen-bond acceptors (Lipinski definition) is 4. The number of nitrogens with zero attached hydrogens (tertiary/aromatic N) is 1. The summed E-state index contributed by atoms with van der Waals surface area (Å²) in [6.45, 7) is 1.78. The van der Waals surface area contributed by atoms with Crippen LogP contribution >= 0.6 is 0 Å². The molecule has 2 amide bonds. The van der Waals surface area contributed by atoms with Crippen LogP contribution in [0.1, 0.15) is 13.3 Å². The Kier molecular flexibility index (Phi) is 4.37. The monoisotopic (exact) mass is 325 g/mol. The largest absolute Gasteiger partial charge is 0.478 e. The Morgan fingerprint density at radius 3 is 2.71 bits per heavy atom. The topological polar surface area (TPSA) is 84.7 Å². The van der Waals surface area contributed by atoms with Crippen molar-refractivity contribution in [2.75, 3.05) is 22.5 Å². The van der Waals surface area contributed by atoms with Gasteiger partial charge >= 0.3 is 0 Å². The van der Waals surface area contributed by atoms with E-state index in [0.717, 1.165) is 0 Å². The SMILES string of the molecule is CCC1Oc2cc(N)ccc2N(CC(=O)Nc2ccccc2)C1=O. The zero-order chi connectivity index (χ0) is 17.1. The molecule has 1 unspecified atom stereocenters. The van der Waals surface area contributed by atoms with Gasteiger partial charge in [-0.15, -0.1) is 0 Å². The predicted molar refractivity (Wildman–Crippen MR) is 93.0 cm³/mol. The second kappa shape index (κ2) is 6.62. The summed E-state index contributed by atoms with van der Waals surface area (Å²) in [7, 11) is 0. The Labute approximate surface area is 140 Å². The summed E-state index contributed by atoms with van der Waals surface area (Å²) in [5.74, 6) is 0.0287. The molecule has 24 heavy (non-hydrogen) atoms. The van der Waals surface area contributed by atoms with Crippen LogP contribution in [0.5, 0.6) is 5.75 Å². The lowest BCUT2D eigenvalue weighted by atomic mass is 10.1. The summed E-state index contributed by atoms with van der Waals surface area (Å²) in [6, 6.07) is 14.2. The van der Waals surface area contributed by atoms with Crippen LogP contribution in [0.15, 0.2) is 48.5 Å². The zero-order valence-electron chi connectivity index (χ0n) is 13.4. The average molecular weight is 325 g/mol. The lowest BCUT2D eigenvalue weighted by Gasteiger charge is -2.33. The summed E-state index contributed by atoms with van der Waals surface area (Å²) in [5.41, 5.74) is 7.58. The molecule has 0 spiro atoms. The minimum Gasteiger partial charge on any atom is -0.478 e. The third kappa shape index (κ3) is 3.17. The first-order valence-electron chi connectivity index (χ1n) is 7.81. The van der Waals surface area contributed by atoms with Gasteiger partial charge in [0.1, 0.15) is 12.3 Å². The highest BCUT2D eigenvalue weighted by molar-refractivity contribution is 6.06. The fourth-order valence-electron chi connectivity index (χ4n) is 2.63. The van der Waals surface area contributed by atoms with Crippen LogP contribution in [0.25, 0.3) is 0 Å². The quantitative estimate of drug-likeness (QED) is 0.846. The number of anilines is 3. The first kappa shape index (κ1) is 15.9. The Morgan fingerprint density at radius 2 is 2.00 bits per heavy atom. The lowest BCUT2D eigenvalue weighted by Crippen LogP contribution is -2.48. The van der Waals surface area contributed by atoms with Gasteiger partial charge in [0.15, 0.2) is 6.10 Å². The first-order chi connectivity index (χ1) is 11.6. The van der Waals surface area contributed by atoms with Crippen molar-refractivity contribution in [2.45, 2.75) is 19.4 Å². The molecular weight excluding hydrogens is 306 g/mol. The van der Waals surface area contributed by atoms with Gasteiger partial charge in [-0.1, -0.05) is 25.1 Å². The molecule has 0 bridgehead atoms. The van der Waals surface area contributed by atoms with Crippen molar-refractivity contribution in [3.8, 4) is 5.75 Å². The zero-order valence-corrected chi connectivity index (χ0v) is 13.4. The van der Waals surface area contributed by atoms with E-state index in [4.69, 9.17) is 10.5 Å². The highest BCUT2D eigenvalue weighted by atomic mass is 16.5. The Balaban J connectivity index is 1.83. The number of hydrogen-bond donors (Lipinski definition) is 2. The van der Waals surface area contributed by atoms with E-state index < -0.39 is 6.10 Å². The van der Waals surface area contributed by atoms with Crippen LogP contribution in [-0.4, -0.2) is 24.5 Å². The molecule has 0 saturated carbocycles. The van der Waals surface area contributed by atoms with Gasteiger partial charge in [-0.25, -0.2) is 0 Å². The van der Waals surface area contributed by atoms with Gasteiger partial charge in [0.05, 0.1) is 5.69 Å². The summed E-state index contributed by atoms with van der Waals surface area (Å²) in [4.78, 5) is 26.4. The molecule has 1 heterocycles. The van der Waals surface area contributed by atoms with E-state index in [2.05, 4.69) is 5.32 Å². The van der Waals surface area contributed by atoms with Crippen LogP contribution in [0.3, 0.4) is 0 Å². The number of rotatable bonds is 4. The van der Waals surface area contributed by atoms with E-state index in [9.17, 15) is 9.59 Å². The number of carbonyl (C=O) groups is 2. The van der Waals surface area contributed by atoms with Crippen LogP contribution < -0.4 is 20.7 Å². The molecule has 6 nitrogen and oxygen atoms in total. The molecule has 0 saturated heterocycles. The highest BCUT2D eigenvalue weighted by Crippen LogP contribution is 2.36. The van der Waals surface area contributed by atoms with Crippen molar-refractivity contribution in [1.29, 1.82) is 0 Å². The standard InChI is InChI=1S/C18H19N3O3/c1-2-15-18(23)21(14-9-8-12(19)10-16(14)24-15)11-17(22)20-13-6-4-3-5-7-13/h3-10,15H,2,11,19H2,1H3,(H,20,22). The molecule has 3 rings (SSSR count). The van der Waals surface area contributed by atoms with Gasteiger partial charge in [0.2, 0.25) is 5.91 Å². The van der Waals surface area contributed by atoms with E-state index in [-0.39, 0.29) is 18.4 Å². The van der Waals surface area contributed by atoms with E-state index in [0.29, 0.717) is 29.2 Å². The molecule has 3 N–H and O–H groups in total. The number of nitrogen functional groups attached to an aromatic ring is 1. The van der Waals surface area contributed by atoms with Crippen molar-refractivity contribution < 1.29 is 14.3 Å².